The van der Waals surface area contributed by atoms with E-state index in [-0.39, 0.29) is 0 Å². The van der Waals surface area contributed by atoms with Gasteiger partial charge in [-0.1, -0.05) is 30.3 Å². The summed E-state index contributed by atoms with van der Waals surface area (Å²) >= 11 is 1.87. The number of hydrogen-bond acceptors (Lipinski definition) is 2. The summed E-state index contributed by atoms with van der Waals surface area (Å²) in [6.45, 7) is 0. The van der Waals surface area contributed by atoms with Crippen LogP contribution in [0.3, 0.4) is 0 Å². The SMILES string of the molecule is O=C(O)CCCCSCc1ccccc1. The quantitative estimate of drug-likeness (QED) is 0.723. The number of rotatable bonds is 7. The zero-order valence-electron chi connectivity index (χ0n) is 8.69. The number of thioether (sulfide) groups is 1. The molecule has 0 fully saturated rings. The van der Waals surface area contributed by atoms with Crippen molar-refractivity contribution < 1.29 is 9.90 Å². The lowest BCUT2D eigenvalue weighted by molar-refractivity contribution is -0.137. The van der Waals surface area contributed by atoms with Gasteiger partial charge in [0, 0.05) is 12.2 Å². The predicted molar refractivity (Wildman–Crippen MR) is 64.1 cm³/mol. The summed E-state index contributed by atoms with van der Waals surface area (Å²) in [5.41, 5.74) is 1.33. The van der Waals surface area contributed by atoms with Crippen molar-refractivity contribution in [2.45, 2.75) is 25.0 Å². The summed E-state index contributed by atoms with van der Waals surface area (Å²) < 4.78 is 0. The fourth-order valence-corrected chi connectivity index (χ4v) is 2.23. The molecule has 0 aliphatic heterocycles. The molecule has 82 valence electrons. The highest BCUT2D eigenvalue weighted by Gasteiger charge is 1.96. The van der Waals surface area contributed by atoms with Crippen molar-refractivity contribution in [3.8, 4) is 0 Å². The Morgan fingerprint density at radius 1 is 1.20 bits per heavy atom. The number of carbonyl (C=O) groups is 1. The molecule has 1 rings (SSSR count). The van der Waals surface area contributed by atoms with E-state index in [0.29, 0.717) is 6.42 Å². The standard InChI is InChI=1S/C12H16O2S/c13-12(14)8-4-5-9-15-10-11-6-2-1-3-7-11/h1-3,6-7H,4-5,8-10H2,(H,13,14). The summed E-state index contributed by atoms with van der Waals surface area (Å²) in [5, 5.41) is 8.44. The molecule has 15 heavy (non-hydrogen) atoms. The average Bonchev–Trinajstić information content (AvgIpc) is 2.24. The van der Waals surface area contributed by atoms with E-state index in [4.69, 9.17) is 5.11 Å². The van der Waals surface area contributed by atoms with Crippen molar-refractivity contribution in [2.75, 3.05) is 5.75 Å². The lowest BCUT2D eigenvalue weighted by Gasteiger charge is -2.00. The van der Waals surface area contributed by atoms with Gasteiger partial charge in [-0.15, -0.1) is 0 Å². The minimum absolute atomic E-state index is 0.298. The van der Waals surface area contributed by atoms with Crippen LogP contribution in [-0.2, 0) is 10.5 Å². The maximum atomic E-state index is 10.2. The van der Waals surface area contributed by atoms with Crippen LogP contribution in [0.25, 0.3) is 0 Å². The van der Waals surface area contributed by atoms with Crippen molar-refractivity contribution in [1.82, 2.24) is 0 Å². The van der Waals surface area contributed by atoms with Crippen LogP contribution in [0.5, 0.6) is 0 Å². The second kappa shape index (κ2) is 7.35. The van der Waals surface area contributed by atoms with Crippen molar-refractivity contribution >= 4 is 17.7 Å². The molecule has 0 saturated carbocycles. The second-order valence-electron chi connectivity index (χ2n) is 3.39. The highest BCUT2D eigenvalue weighted by atomic mass is 32.2. The van der Waals surface area contributed by atoms with E-state index in [1.807, 2.05) is 30.0 Å². The van der Waals surface area contributed by atoms with Gasteiger partial charge in [0.05, 0.1) is 0 Å². The van der Waals surface area contributed by atoms with Crippen molar-refractivity contribution in [1.29, 1.82) is 0 Å². The Morgan fingerprint density at radius 3 is 2.60 bits per heavy atom. The molecule has 0 spiro atoms. The van der Waals surface area contributed by atoms with Crippen LogP contribution in [0.4, 0.5) is 0 Å². The van der Waals surface area contributed by atoms with E-state index in [1.165, 1.54) is 5.56 Å². The summed E-state index contributed by atoms with van der Waals surface area (Å²) in [6.07, 6.45) is 2.08. The molecule has 1 aromatic carbocycles. The highest BCUT2D eigenvalue weighted by Crippen LogP contribution is 2.13. The van der Waals surface area contributed by atoms with Gasteiger partial charge in [-0.05, 0) is 24.2 Å². The van der Waals surface area contributed by atoms with Crippen LogP contribution < -0.4 is 0 Å². The minimum Gasteiger partial charge on any atom is -0.481 e. The van der Waals surface area contributed by atoms with Gasteiger partial charge in [0.2, 0.25) is 0 Å². The third-order valence-electron chi connectivity index (χ3n) is 2.04. The van der Waals surface area contributed by atoms with E-state index in [9.17, 15) is 4.79 Å². The first-order chi connectivity index (χ1) is 7.29. The molecule has 0 amide bonds. The molecule has 0 bridgehead atoms. The van der Waals surface area contributed by atoms with Gasteiger partial charge in [-0.3, -0.25) is 4.79 Å². The molecule has 0 saturated heterocycles. The average molecular weight is 224 g/mol. The molecular formula is C12H16O2S. The van der Waals surface area contributed by atoms with Gasteiger partial charge in [0.15, 0.2) is 0 Å². The Hall–Kier alpha value is -0.960. The lowest BCUT2D eigenvalue weighted by atomic mass is 10.2. The van der Waals surface area contributed by atoms with Crippen LogP contribution in [0.15, 0.2) is 30.3 Å². The van der Waals surface area contributed by atoms with E-state index in [2.05, 4.69) is 12.1 Å². The predicted octanol–water partition coefficient (Wildman–Crippen LogP) is 3.17. The van der Waals surface area contributed by atoms with Crippen LogP contribution in [0.2, 0.25) is 0 Å². The first-order valence-corrected chi connectivity index (χ1v) is 6.28. The molecule has 0 aliphatic rings. The molecule has 0 aliphatic carbocycles. The minimum atomic E-state index is -0.692. The van der Waals surface area contributed by atoms with Crippen molar-refractivity contribution in [3.05, 3.63) is 35.9 Å². The monoisotopic (exact) mass is 224 g/mol. The van der Waals surface area contributed by atoms with Gasteiger partial charge < -0.3 is 5.11 Å². The topological polar surface area (TPSA) is 37.3 Å². The lowest BCUT2D eigenvalue weighted by Crippen LogP contribution is -1.94. The Morgan fingerprint density at radius 2 is 1.93 bits per heavy atom. The largest absolute Gasteiger partial charge is 0.481 e. The van der Waals surface area contributed by atoms with Gasteiger partial charge >= 0.3 is 5.97 Å². The summed E-state index contributed by atoms with van der Waals surface area (Å²) in [5.74, 6) is 1.37. The molecule has 1 aromatic rings. The summed E-state index contributed by atoms with van der Waals surface area (Å²) in [7, 11) is 0. The molecule has 0 heterocycles. The first-order valence-electron chi connectivity index (χ1n) is 5.12. The van der Waals surface area contributed by atoms with E-state index in [0.717, 1.165) is 24.3 Å². The second-order valence-corrected chi connectivity index (χ2v) is 4.49. The van der Waals surface area contributed by atoms with E-state index < -0.39 is 5.97 Å². The third-order valence-corrected chi connectivity index (χ3v) is 3.16. The van der Waals surface area contributed by atoms with Gasteiger partial charge in [-0.2, -0.15) is 11.8 Å². The molecular weight excluding hydrogens is 208 g/mol. The maximum absolute atomic E-state index is 10.2. The van der Waals surface area contributed by atoms with E-state index >= 15 is 0 Å². The Balaban J connectivity index is 2.00. The number of unbranched alkanes of at least 4 members (excludes halogenated alkanes) is 1. The summed E-state index contributed by atoms with van der Waals surface area (Å²) in [6, 6.07) is 10.3. The van der Waals surface area contributed by atoms with E-state index in [1.54, 1.807) is 0 Å². The number of aliphatic carboxylic acids is 1. The molecule has 3 heteroatoms. The van der Waals surface area contributed by atoms with Crippen LogP contribution >= 0.6 is 11.8 Å². The fraction of sp³-hybridized carbons (Fsp3) is 0.417. The molecule has 0 atom stereocenters. The molecule has 0 aromatic heterocycles. The number of carboxylic acid groups (broad SMARTS) is 1. The normalized spacial score (nSPS) is 10.1. The molecule has 0 unspecified atom stereocenters. The van der Waals surface area contributed by atoms with Crippen molar-refractivity contribution in [3.63, 3.8) is 0 Å². The zero-order valence-corrected chi connectivity index (χ0v) is 9.50. The maximum Gasteiger partial charge on any atom is 0.303 e. The number of benzene rings is 1. The first kappa shape index (κ1) is 12.1. The van der Waals surface area contributed by atoms with Gasteiger partial charge in [0.1, 0.15) is 0 Å². The highest BCUT2D eigenvalue weighted by molar-refractivity contribution is 7.98. The van der Waals surface area contributed by atoms with Crippen molar-refractivity contribution in [2.24, 2.45) is 0 Å². The van der Waals surface area contributed by atoms with Crippen LogP contribution in [0.1, 0.15) is 24.8 Å². The van der Waals surface area contributed by atoms with Gasteiger partial charge in [0.25, 0.3) is 0 Å². The summed E-state index contributed by atoms with van der Waals surface area (Å²) in [4.78, 5) is 10.2. The Bertz CT molecular complexity index is 285. The Kier molecular flexibility index (Phi) is 5.93. The van der Waals surface area contributed by atoms with Crippen LogP contribution in [-0.4, -0.2) is 16.8 Å². The fourth-order valence-electron chi connectivity index (χ4n) is 1.24. The van der Waals surface area contributed by atoms with Crippen LogP contribution in [0, 0.1) is 0 Å². The molecule has 0 radical (unpaired) electrons. The Labute approximate surface area is 94.7 Å². The molecule has 1 N–H and O–H groups in total. The smallest absolute Gasteiger partial charge is 0.303 e. The third kappa shape index (κ3) is 6.18. The van der Waals surface area contributed by atoms with Gasteiger partial charge in [-0.25, -0.2) is 0 Å². The molecule has 2 nitrogen and oxygen atoms in total. The number of hydrogen-bond donors (Lipinski definition) is 1. The number of carboxylic acids is 1. The zero-order chi connectivity index (χ0) is 10.9.